The second-order valence-electron chi connectivity index (χ2n) is 9.07. The van der Waals surface area contributed by atoms with Crippen molar-refractivity contribution < 1.29 is 37.4 Å². The number of aromatic nitrogens is 4. The third-order valence-electron chi connectivity index (χ3n) is 6.03. The maximum atomic E-state index is 16.0. The number of thioether (sulfide) groups is 1. The predicted molar refractivity (Wildman–Crippen MR) is 145 cm³/mol. The number of halogens is 1. The summed E-state index contributed by atoms with van der Waals surface area (Å²) in [6.45, 7) is 5.74. The summed E-state index contributed by atoms with van der Waals surface area (Å²) in [4.78, 5) is 24.9. The van der Waals surface area contributed by atoms with Gasteiger partial charge in [0.15, 0.2) is 17.5 Å². The number of nitrogens with two attached hydrogens (primary N) is 1. The fourth-order valence-corrected chi connectivity index (χ4v) is 6.32. The Morgan fingerprint density at radius 1 is 1.35 bits per heavy atom. The van der Waals surface area contributed by atoms with Gasteiger partial charge in [-0.3, -0.25) is 13.9 Å². The Labute approximate surface area is 234 Å². The largest absolute Gasteiger partial charge is 0.465 e. The van der Waals surface area contributed by atoms with Crippen LogP contribution in [0, 0.1) is 0 Å². The molecular formula is C24H32FN6O7PS. The lowest BCUT2D eigenvalue weighted by Gasteiger charge is -2.25. The lowest BCUT2D eigenvalue weighted by molar-refractivity contribution is -0.144. The van der Waals surface area contributed by atoms with Gasteiger partial charge in [-0.2, -0.15) is 10.1 Å². The van der Waals surface area contributed by atoms with Gasteiger partial charge in [0.05, 0.1) is 19.5 Å². The topological polar surface area (TPSA) is 173 Å². The molecule has 1 unspecified atom stereocenters. The summed E-state index contributed by atoms with van der Waals surface area (Å²) in [7, 11) is -4.26. The molecule has 4 N–H and O–H groups in total. The monoisotopic (exact) mass is 598 g/mol. The van der Waals surface area contributed by atoms with E-state index in [1.165, 1.54) is 36.5 Å². The molecule has 1 aliphatic rings. The minimum Gasteiger partial charge on any atom is -0.465 e. The van der Waals surface area contributed by atoms with E-state index in [0.29, 0.717) is 16.3 Å². The number of carbonyl (C=O) groups excluding carboxylic acids is 1. The van der Waals surface area contributed by atoms with E-state index in [1.807, 2.05) is 6.92 Å². The molecule has 2 aromatic heterocycles. The number of hydrogen-bond donors (Lipinski definition) is 3. The van der Waals surface area contributed by atoms with Crippen molar-refractivity contribution in [2.75, 3.05) is 24.7 Å². The maximum absolute atomic E-state index is 16.0. The van der Waals surface area contributed by atoms with E-state index in [9.17, 15) is 14.5 Å². The highest BCUT2D eigenvalue weighted by Crippen LogP contribution is 2.48. The van der Waals surface area contributed by atoms with Crippen molar-refractivity contribution in [1.29, 1.82) is 0 Å². The number of para-hydroxylation sites is 1. The van der Waals surface area contributed by atoms with Crippen LogP contribution in [0.1, 0.15) is 33.9 Å². The number of carbonyl (C=O) groups is 1. The number of ether oxygens (including phenoxy) is 2. The fourth-order valence-electron chi connectivity index (χ4n) is 4.11. The SMILES string of the molecule is CCOC(=O)[C@H](C)NP(=O)(OC[C@H]1O[C@@H](n2cnc3c(SCC)nc(N)nc32)[C@](C)(F)[C@@H]1O)Oc1ccccc1. The van der Waals surface area contributed by atoms with Gasteiger partial charge in [-0.1, -0.05) is 25.1 Å². The average Bonchev–Trinajstić information content (AvgIpc) is 3.41. The molecule has 1 saturated heterocycles. The zero-order valence-electron chi connectivity index (χ0n) is 22.4. The number of anilines is 1. The third-order valence-corrected chi connectivity index (χ3v) is 8.52. The molecule has 218 valence electrons. The van der Waals surface area contributed by atoms with Crippen LogP contribution in [0.15, 0.2) is 41.7 Å². The Balaban J connectivity index is 1.57. The molecule has 13 nitrogen and oxygen atoms in total. The summed E-state index contributed by atoms with van der Waals surface area (Å²) in [5, 5.41) is 13.9. The molecule has 40 heavy (non-hydrogen) atoms. The second-order valence-corrected chi connectivity index (χ2v) is 12.0. The number of nitrogen functional groups attached to an aromatic ring is 1. The Morgan fingerprint density at radius 3 is 2.75 bits per heavy atom. The van der Waals surface area contributed by atoms with Crippen molar-refractivity contribution in [3.8, 4) is 5.75 Å². The van der Waals surface area contributed by atoms with Gasteiger partial charge in [0, 0.05) is 0 Å². The first kappa shape index (κ1) is 30.2. The third kappa shape index (κ3) is 6.40. The number of nitrogens with one attached hydrogen (secondary N) is 1. The number of hydrogen-bond acceptors (Lipinski definition) is 12. The van der Waals surface area contributed by atoms with Crippen molar-refractivity contribution in [1.82, 2.24) is 24.6 Å². The number of rotatable bonds is 12. The Kier molecular flexibility index (Phi) is 9.33. The van der Waals surface area contributed by atoms with E-state index >= 15 is 4.39 Å². The molecular weight excluding hydrogens is 566 g/mol. The number of imidazole rings is 1. The highest BCUT2D eigenvalue weighted by Gasteiger charge is 2.56. The minimum atomic E-state index is -4.26. The van der Waals surface area contributed by atoms with Crippen LogP contribution in [0.2, 0.25) is 0 Å². The van der Waals surface area contributed by atoms with Crippen LogP contribution in [0.5, 0.6) is 5.75 Å². The molecule has 0 amide bonds. The number of fused-ring (bicyclic) bond motifs is 1. The molecule has 0 bridgehead atoms. The summed E-state index contributed by atoms with van der Waals surface area (Å²) < 4.78 is 53.1. The van der Waals surface area contributed by atoms with Gasteiger partial charge in [-0.05, 0) is 38.7 Å². The molecule has 1 aliphatic heterocycles. The molecule has 0 saturated carbocycles. The van der Waals surface area contributed by atoms with E-state index < -0.39 is 50.5 Å². The number of esters is 1. The zero-order chi connectivity index (χ0) is 29.1. The van der Waals surface area contributed by atoms with E-state index in [0.717, 1.165) is 0 Å². The van der Waals surface area contributed by atoms with Crippen molar-refractivity contribution in [3.63, 3.8) is 0 Å². The van der Waals surface area contributed by atoms with Gasteiger partial charge in [0.2, 0.25) is 5.95 Å². The average molecular weight is 599 g/mol. The van der Waals surface area contributed by atoms with Crippen LogP contribution in [0.4, 0.5) is 10.3 Å². The Morgan fingerprint density at radius 2 is 2.08 bits per heavy atom. The van der Waals surface area contributed by atoms with Crippen LogP contribution in [0.3, 0.4) is 0 Å². The number of aliphatic hydroxyl groups is 1. The normalized spacial score (nSPS) is 25.0. The van der Waals surface area contributed by atoms with Gasteiger partial charge >= 0.3 is 13.7 Å². The molecule has 6 atom stereocenters. The predicted octanol–water partition coefficient (Wildman–Crippen LogP) is 3.25. The van der Waals surface area contributed by atoms with Gasteiger partial charge in [0.1, 0.15) is 34.5 Å². The second kappa shape index (κ2) is 12.4. The first-order valence-corrected chi connectivity index (χ1v) is 15.1. The quantitative estimate of drug-likeness (QED) is 0.120. The molecule has 0 radical (unpaired) electrons. The smallest absolute Gasteiger partial charge is 0.459 e. The van der Waals surface area contributed by atoms with Gasteiger partial charge in [-0.25, -0.2) is 18.9 Å². The standard InChI is InChI=1S/C24H32FN6O7PS/c1-5-35-21(33)14(3)30-39(34,38-15-10-8-7-9-11-15)36-12-16-18(32)24(4,25)22(37-16)31-13-27-17-19(31)28-23(26)29-20(17)40-6-2/h7-11,13-14,16,18,22,32H,5-6,12H2,1-4H3,(H,30,34)(H2,26,28,29)/t14-,16+,18+,22+,24+,39?/m0/s1. The summed E-state index contributed by atoms with van der Waals surface area (Å²) in [5.74, 6) is 0.194. The summed E-state index contributed by atoms with van der Waals surface area (Å²) >= 11 is 1.40. The van der Waals surface area contributed by atoms with Gasteiger partial charge in [-0.15, -0.1) is 11.8 Å². The number of nitrogens with zero attached hydrogens (tertiary/aromatic N) is 4. The summed E-state index contributed by atoms with van der Waals surface area (Å²) in [6.07, 6.45) is -3.03. The molecule has 16 heteroatoms. The van der Waals surface area contributed by atoms with Crippen LogP contribution in [0.25, 0.3) is 11.2 Å². The highest BCUT2D eigenvalue weighted by atomic mass is 32.2. The van der Waals surface area contributed by atoms with E-state index in [-0.39, 0.29) is 24.0 Å². The number of benzene rings is 1. The molecule has 3 heterocycles. The fraction of sp³-hybridized carbons (Fsp3) is 0.500. The zero-order valence-corrected chi connectivity index (χ0v) is 24.1. The van der Waals surface area contributed by atoms with E-state index in [1.54, 1.807) is 37.3 Å². The number of alkyl halides is 1. The summed E-state index contributed by atoms with van der Waals surface area (Å²) in [5.41, 5.74) is 4.18. The minimum absolute atomic E-state index is 0.0232. The van der Waals surface area contributed by atoms with Crippen molar-refractivity contribution >= 4 is 42.6 Å². The first-order valence-electron chi connectivity index (χ1n) is 12.6. The van der Waals surface area contributed by atoms with Crippen molar-refractivity contribution in [2.45, 2.75) is 62.9 Å². The first-order chi connectivity index (χ1) is 19.0. The summed E-state index contributed by atoms with van der Waals surface area (Å²) in [6, 6.07) is 7.08. The highest BCUT2D eigenvalue weighted by molar-refractivity contribution is 7.99. The number of aliphatic hydroxyl groups excluding tert-OH is 1. The van der Waals surface area contributed by atoms with Crippen LogP contribution < -0.4 is 15.3 Å². The molecule has 1 fully saturated rings. The van der Waals surface area contributed by atoms with E-state index in [4.69, 9.17) is 24.3 Å². The van der Waals surface area contributed by atoms with Crippen LogP contribution in [-0.2, 0) is 23.4 Å². The van der Waals surface area contributed by atoms with Crippen LogP contribution in [-0.4, -0.2) is 73.5 Å². The Hall–Kier alpha value is -2.81. The van der Waals surface area contributed by atoms with Gasteiger partial charge < -0.3 is 24.8 Å². The maximum Gasteiger partial charge on any atom is 0.459 e. The molecule has 3 aromatic rings. The van der Waals surface area contributed by atoms with Crippen LogP contribution >= 0.6 is 19.5 Å². The molecule has 1 aromatic carbocycles. The lowest BCUT2D eigenvalue weighted by Crippen LogP contribution is -2.41. The molecule has 4 rings (SSSR count). The van der Waals surface area contributed by atoms with E-state index in [2.05, 4.69) is 20.0 Å². The van der Waals surface area contributed by atoms with Crippen molar-refractivity contribution in [3.05, 3.63) is 36.7 Å². The van der Waals surface area contributed by atoms with Gasteiger partial charge in [0.25, 0.3) is 0 Å². The lowest BCUT2D eigenvalue weighted by atomic mass is 9.98. The van der Waals surface area contributed by atoms with Crippen molar-refractivity contribution in [2.24, 2.45) is 0 Å². The Bertz CT molecular complexity index is 1380. The molecule has 0 spiro atoms. The molecule has 0 aliphatic carbocycles.